The van der Waals surface area contributed by atoms with Crippen molar-refractivity contribution < 1.29 is 14.6 Å². The van der Waals surface area contributed by atoms with Crippen LogP contribution in [0.4, 0.5) is 0 Å². The molecular formula is C25H18N2O3. The molecule has 4 aromatic carbocycles. The van der Waals surface area contributed by atoms with Crippen LogP contribution >= 0.6 is 0 Å². The van der Waals surface area contributed by atoms with E-state index in [0.29, 0.717) is 5.75 Å². The Balaban J connectivity index is 1.70. The lowest BCUT2D eigenvalue weighted by atomic mass is 9.98. The van der Waals surface area contributed by atoms with Crippen molar-refractivity contribution in [3.63, 3.8) is 0 Å². The van der Waals surface area contributed by atoms with E-state index in [1.54, 1.807) is 12.1 Å². The Bertz CT molecular complexity index is 1420. The average Bonchev–Trinajstić information content (AvgIpc) is 3.21. The summed E-state index contributed by atoms with van der Waals surface area (Å²) in [4.78, 5) is 16.0. The predicted octanol–water partition coefficient (Wildman–Crippen LogP) is 5.55. The monoisotopic (exact) mass is 394 g/mol. The Morgan fingerprint density at radius 1 is 0.933 bits per heavy atom. The molecule has 5 heteroatoms. The normalized spacial score (nSPS) is 11.1. The molecule has 0 bridgehead atoms. The van der Waals surface area contributed by atoms with E-state index in [1.165, 1.54) is 7.11 Å². The summed E-state index contributed by atoms with van der Waals surface area (Å²) in [5.74, 6) is -0.656. The topological polar surface area (TPSA) is 64.4 Å². The first-order valence-corrected chi connectivity index (χ1v) is 9.52. The van der Waals surface area contributed by atoms with Gasteiger partial charge < -0.3 is 9.84 Å². The summed E-state index contributed by atoms with van der Waals surface area (Å²) in [5.41, 5.74) is 5.25. The van der Waals surface area contributed by atoms with Gasteiger partial charge in [-0.3, -0.25) is 4.57 Å². The fourth-order valence-corrected chi connectivity index (χ4v) is 3.86. The van der Waals surface area contributed by atoms with Crippen LogP contribution in [-0.4, -0.2) is 27.7 Å². The molecule has 5 nitrogen and oxygen atoms in total. The number of carbonyl (C=O) groups is 1. The van der Waals surface area contributed by atoms with Crippen molar-refractivity contribution in [2.45, 2.75) is 0 Å². The number of benzene rings is 4. The first kappa shape index (κ1) is 17.9. The Hall–Kier alpha value is -4.12. The van der Waals surface area contributed by atoms with Crippen LogP contribution in [0.1, 0.15) is 10.4 Å². The highest BCUT2D eigenvalue weighted by atomic mass is 16.5. The summed E-state index contributed by atoms with van der Waals surface area (Å²) >= 11 is 0. The van der Waals surface area contributed by atoms with Crippen molar-refractivity contribution in [2.75, 3.05) is 7.11 Å². The fraction of sp³-hybridized carbons (Fsp3) is 0.0400. The van der Waals surface area contributed by atoms with Gasteiger partial charge in [0.05, 0.1) is 23.8 Å². The quantitative estimate of drug-likeness (QED) is 0.434. The van der Waals surface area contributed by atoms with Gasteiger partial charge in [-0.2, -0.15) is 0 Å². The Labute approximate surface area is 172 Å². The van der Waals surface area contributed by atoms with Crippen molar-refractivity contribution in [2.24, 2.45) is 0 Å². The number of para-hydroxylation sites is 3. The number of rotatable bonds is 4. The van der Waals surface area contributed by atoms with Crippen molar-refractivity contribution in [1.29, 1.82) is 0 Å². The highest BCUT2D eigenvalue weighted by molar-refractivity contribution is 5.99. The molecule has 5 aromatic rings. The third kappa shape index (κ3) is 2.88. The molecule has 0 amide bonds. The second kappa shape index (κ2) is 7.04. The van der Waals surface area contributed by atoms with Gasteiger partial charge in [0.15, 0.2) is 0 Å². The molecule has 0 aliphatic heterocycles. The molecule has 1 N–H and O–H groups in total. The number of nitrogens with zero attached hydrogens (tertiary/aromatic N) is 2. The molecule has 1 aromatic heterocycles. The SMILES string of the molecule is COc1cc2cc(-c3ccccc3-n3cnc4ccccc43)ccc2cc1C(=O)O. The molecule has 30 heavy (non-hydrogen) atoms. The maximum absolute atomic E-state index is 11.5. The van der Waals surface area contributed by atoms with Gasteiger partial charge in [-0.25, -0.2) is 9.78 Å². The molecule has 0 fully saturated rings. The number of ether oxygens (including phenoxy) is 1. The number of aromatic carboxylic acids is 1. The van der Waals surface area contributed by atoms with Crippen LogP contribution in [0.3, 0.4) is 0 Å². The summed E-state index contributed by atoms with van der Waals surface area (Å²) in [6.45, 7) is 0. The van der Waals surface area contributed by atoms with Crippen LogP contribution < -0.4 is 4.74 Å². The van der Waals surface area contributed by atoms with E-state index in [0.717, 1.165) is 38.6 Å². The standard InChI is InChI=1S/C25H18N2O3/c1-30-24-14-18-12-17(11-10-16(18)13-20(24)25(28)29)19-6-2-4-8-22(19)27-15-26-21-7-3-5-9-23(21)27/h2-15H,1H3,(H,28,29). The Morgan fingerprint density at radius 3 is 2.57 bits per heavy atom. The minimum absolute atomic E-state index is 0.156. The zero-order valence-corrected chi connectivity index (χ0v) is 16.2. The molecular weight excluding hydrogens is 376 g/mol. The number of methoxy groups -OCH3 is 1. The van der Waals surface area contributed by atoms with Gasteiger partial charge >= 0.3 is 5.97 Å². The zero-order valence-electron chi connectivity index (χ0n) is 16.2. The number of imidazole rings is 1. The Morgan fingerprint density at radius 2 is 1.73 bits per heavy atom. The molecule has 0 atom stereocenters. The fourth-order valence-electron chi connectivity index (χ4n) is 3.86. The van der Waals surface area contributed by atoms with Crippen LogP contribution in [0.15, 0.2) is 85.2 Å². The zero-order chi connectivity index (χ0) is 20.7. The number of aromatic nitrogens is 2. The van der Waals surface area contributed by atoms with Crippen LogP contribution in [-0.2, 0) is 0 Å². The molecule has 0 saturated heterocycles. The highest BCUT2D eigenvalue weighted by Gasteiger charge is 2.14. The van der Waals surface area contributed by atoms with Crippen LogP contribution in [0.2, 0.25) is 0 Å². The van der Waals surface area contributed by atoms with E-state index in [1.807, 2.05) is 48.8 Å². The Kier molecular flexibility index (Phi) is 4.21. The first-order valence-electron chi connectivity index (χ1n) is 9.52. The largest absolute Gasteiger partial charge is 0.496 e. The number of fused-ring (bicyclic) bond motifs is 2. The average molecular weight is 394 g/mol. The summed E-state index contributed by atoms with van der Waals surface area (Å²) < 4.78 is 7.38. The van der Waals surface area contributed by atoms with Gasteiger partial charge in [-0.15, -0.1) is 0 Å². The molecule has 0 radical (unpaired) electrons. The molecule has 1 heterocycles. The van der Waals surface area contributed by atoms with E-state index in [-0.39, 0.29) is 5.56 Å². The summed E-state index contributed by atoms with van der Waals surface area (Å²) in [7, 11) is 1.48. The molecule has 0 unspecified atom stereocenters. The summed E-state index contributed by atoms with van der Waals surface area (Å²) in [6.07, 6.45) is 1.84. The van der Waals surface area contributed by atoms with Gasteiger partial charge in [0, 0.05) is 5.56 Å². The summed E-state index contributed by atoms with van der Waals surface area (Å²) in [5, 5.41) is 11.2. The van der Waals surface area contributed by atoms with Gasteiger partial charge in [-0.05, 0) is 52.7 Å². The van der Waals surface area contributed by atoms with E-state index in [9.17, 15) is 9.90 Å². The number of hydrogen-bond acceptors (Lipinski definition) is 3. The summed E-state index contributed by atoms with van der Waals surface area (Å²) in [6, 6.07) is 25.6. The van der Waals surface area contributed by atoms with Gasteiger partial charge in [0.25, 0.3) is 0 Å². The highest BCUT2D eigenvalue weighted by Crippen LogP contribution is 2.33. The smallest absolute Gasteiger partial charge is 0.339 e. The lowest BCUT2D eigenvalue weighted by molar-refractivity contribution is 0.0693. The number of carboxylic acid groups (broad SMARTS) is 1. The van der Waals surface area contributed by atoms with Crippen molar-refractivity contribution in [1.82, 2.24) is 9.55 Å². The van der Waals surface area contributed by atoms with Crippen molar-refractivity contribution in [3.8, 4) is 22.6 Å². The van der Waals surface area contributed by atoms with Crippen LogP contribution in [0.5, 0.6) is 5.75 Å². The second-order valence-electron chi connectivity index (χ2n) is 7.04. The number of hydrogen-bond donors (Lipinski definition) is 1. The third-order valence-electron chi connectivity index (χ3n) is 5.32. The molecule has 0 spiro atoms. The minimum atomic E-state index is -1.00. The molecule has 5 rings (SSSR count). The van der Waals surface area contributed by atoms with Crippen molar-refractivity contribution >= 4 is 27.8 Å². The van der Waals surface area contributed by atoms with Crippen molar-refractivity contribution in [3.05, 3.63) is 90.8 Å². The minimum Gasteiger partial charge on any atom is -0.496 e. The number of carboxylic acids is 1. The molecule has 0 aliphatic rings. The van der Waals surface area contributed by atoms with E-state index in [4.69, 9.17) is 4.74 Å². The van der Waals surface area contributed by atoms with Crippen LogP contribution in [0, 0.1) is 0 Å². The van der Waals surface area contributed by atoms with E-state index in [2.05, 4.69) is 33.8 Å². The second-order valence-corrected chi connectivity index (χ2v) is 7.04. The predicted molar refractivity (Wildman–Crippen MR) is 118 cm³/mol. The van der Waals surface area contributed by atoms with Gasteiger partial charge in [0.2, 0.25) is 0 Å². The van der Waals surface area contributed by atoms with Crippen LogP contribution in [0.25, 0.3) is 38.6 Å². The lowest BCUT2D eigenvalue weighted by Crippen LogP contribution is -2.00. The third-order valence-corrected chi connectivity index (χ3v) is 5.32. The van der Waals surface area contributed by atoms with E-state index < -0.39 is 5.97 Å². The first-order chi connectivity index (χ1) is 14.7. The maximum Gasteiger partial charge on any atom is 0.339 e. The molecule has 146 valence electrons. The lowest BCUT2D eigenvalue weighted by Gasteiger charge is -2.13. The molecule has 0 aliphatic carbocycles. The van der Waals surface area contributed by atoms with Gasteiger partial charge in [0.1, 0.15) is 17.6 Å². The van der Waals surface area contributed by atoms with E-state index >= 15 is 0 Å². The maximum atomic E-state index is 11.5. The molecule has 0 saturated carbocycles. The van der Waals surface area contributed by atoms with Gasteiger partial charge in [-0.1, -0.05) is 42.5 Å².